The third-order valence-corrected chi connectivity index (χ3v) is 6.36. The SMILES string of the molecule is CC1(C)CCSCC1(O)c1cccc(C2CCC2)c1. The Bertz CT molecular complexity index is 464. The van der Waals surface area contributed by atoms with E-state index in [1.54, 1.807) is 0 Å². The highest BCUT2D eigenvalue weighted by atomic mass is 32.2. The fourth-order valence-electron chi connectivity index (χ4n) is 3.21. The zero-order valence-corrected chi connectivity index (χ0v) is 12.8. The maximum absolute atomic E-state index is 11.2. The molecule has 1 atom stereocenters. The van der Waals surface area contributed by atoms with E-state index in [0.29, 0.717) is 0 Å². The molecule has 19 heavy (non-hydrogen) atoms. The van der Waals surface area contributed by atoms with Gasteiger partial charge in [0, 0.05) is 5.75 Å². The quantitative estimate of drug-likeness (QED) is 0.869. The van der Waals surface area contributed by atoms with Crippen LogP contribution in [0.2, 0.25) is 0 Å². The van der Waals surface area contributed by atoms with Crippen LogP contribution in [0.5, 0.6) is 0 Å². The number of benzene rings is 1. The summed E-state index contributed by atoms with van der Waals surface area (Å²) in [6.45, 7) is 4.42. The van der Waals surface area contributed by atoms with E-state index < -0.39 is 5.60 Å². The van der Waals surface area contributed by atoms with Crippen LogP contribution in [0.1, 0.15) is 56.6 Å². The van der Waals surface area contributed by atoms with Crippen molar-refractivity contribution in [1.82, 2.24) is 0 Å². The third-order valence-electron chi connectivity index (χ3n) is 5.24. The van der Waals surface area contributed by atoms with Crippen LogP contribution in [0.15, 0.2) is 24.3 Å². The number of hydrogen-bond acceptors (Lipinski definition) is 2. The maximum Gasteiger partial charge on any atom is 0.104 e. The molecule has 104 valence electrons. The molecular formula is C17H24OS. The average molecular weight is 276 g/mol. The molecule has 1 unspecified atom stereocenters. The molecule has 1 aromatic rings. The predicted molar refractivity (Wildman–Crippen MR) is 82.7 cm³/mol. The van der Waals surface area contributed by atoms with E-state index in [2.05, 4.69) is 38.1 Å². The van der Waals surface area contributed by atoms with Crippen molar-refractivity contribution in [3.63, 3.8) is 0 Å². The minimum absolute atomic E-state index is 0.0313. The molecule has 0 radical (unpaired) electrons. The standard InChI is InChI=1S/C17H24OS/c1-16(2)9-10-19-12-17(16,18)15-8-4-7-14(11-15)13-5-3-6-13/h4,7-8,11,13,18H,3,5-6,9-10,12H2,1-2H3. The molecule has 2 fully saturated rings. The highest BCUT2D eigenvalue weighted by Crippen LogP contribution is 2.49. The van der Waals surface area contributed by atoms with E-state index in [-0.39, 0.29) is 5.41 Å². The first kappa shape index (κ1) is 13.5. The molecule has 0 spiro atoms. The van der Waals surface area contributed by atoms with Crippen molar-refractivity contribution < 1.29 is 5.11 Å². The van der Waals surface area contributed by atoms with Crippen LogP contribution in [-0.4, -0.2) is 16.6 Å². The van der Waals surface area contributed by atoms with Crippen molar-refractivity contribution in [2.75, 3.05) is 11.5 Å². The highest BCUT2D eigenvalue weighted by Gasteiger charge is 2.47. The van der Waals surface area contributed by atoms with Crippen molar-refractivity contribution in [2.45, 2.75) is 51.0 Å². The Labute approximate surface area is 120 Å². The fraction of sp³-hybridized carbons (Fsp3) is 0.647. The first-order chi connectivity index (χ1) is 9.03. The third kappa shape index (κ3) is 2.23. The summed E-state index contributed by atoms with van der Waals surface area (Å²) in [6.07, 6.45) is 5.09. The molecule has 1 saturated heterocycles. The summed E-state index contributed by atoms with van der Waals surface area (Å²) in [7, 11) is 0. The van der Waals surface area contributed by atoms with Gasteiger partial charge in [0.2, 0.25) is 0 Å². The van der Waals surface area contributed by atoms with Gasteiger partial charge in [0.15, 0.2) is 0 Å². The lowest BCUT2D eigenvalue weighted by Crippen LogP contribution is -2.47. The van der Waals surface area contributed by atoms with Crippen LogP contribution in [0.25, 0.3) is 0 Å². The summed E-state index contributed by atoms with van der Waals surface area (Å²) in [4.78, 5) is 0. The monoisotopic (exact) mass is 276 g/mol. The molecule has 1 aliphatic carbocycles. The predicted octanol–water partition coefficient (Wildman–Crippen LogP) is 4.30. The topological polar surface area (TPSA) is 20.2 Å². The van der Waals surface area contributed by atoms with E-state index in [1.165, 1.54) is 24.8 Å². The van der Waals surface area contributed by atoms with Gasteiger partial charge in [-0.3, -0.25) is 0 Å². The number of rotatable bonds is 2. The van der Waals surface area contributed by atoms with Gasteiger partial charge in [-0.15, -0.1) is 0 Å². The van der Waals surface area contributed by atoms with E-state index in [9.17, 15) is 5.11 Å². The first-order valence-corrected chi connectivity index (χ1v) is 8.59. The van der Waals surface area contributed by atoms with Crippen LogP contribution in [0, 0.1) is 5.41 Å². The Kier molecular flexibility index (Phi) is 3.43. The average Bonchev–Trinajstić information content (AvgIpc) is 2.31. The van der Waals surface area contributed by atoms with E-state index >= 15 is 0 Å². The van der Waals surface area contributed by atoms with Crippen LogP contribution in [0.3, 0.4) is 0 Å². The van der Waals surface area contributed by atoms with Gasteiger partial charge in [-0.2, -0.15) is 11.8 Å². The summed E-state index contributed by atoms with van der Waals surface area (Å²) in [5.41, 5.74) is 1.87. The van der Waals surface area contributed by atoms with E-state index in [0.717, 1.165) is 29.4 Å². The van der Waals surface area contributed by atoms with Crippen LogP contribution in [-0.2, 0) is 5.60 Å². The molecule has 1 aliphatic heterocycles. The van der Waals surface area contributed by atoms with E-state index in [4.69, 9.17) is 0 Å². The minimum atomic E-state index is -0.671. The molecule has 2 aliphatic rings. The van der Waals surface area contributed by atoms with Gasteiger partial charge >= 0.3 is 0 Å². The second-order valence-electron chi connectivity index (χ2n) is 6.80. The molecule has 1 saturated carbocycles. The van der Waals surface area contributed by atoms with Gasteiger partial charge in [-0.25, -0.2) is 0 Å². The highest BCUT2D eigenvalue weighted by molar-refractivity contribution is 7.99. The number of hydrogen-bond donors (Lipinski definition) is 1. The van der Waals surface area contributed by atoms with Crippen molar-refractivity contribution in [3.05, 3.63) is 35.4 Å². The molecule has 1 heterocycles. The molecule has 0 amide bonds. The Morgan fingerprint density at radius 3 is 2.68 bits per heavy atom. The first-order valence-electron chi connectivity index (χ1n) is 7.43. The zero-order chi connectivity index (χ0) is 13.5. The summed E-state index contributed by atoms with van der Waals surface area (Å²) < 4.78 is 0. The van der Waals surface area contributed by atoms with Crippen molar-refractivity contribution in [1.29, 1.82) is 0 Å². The molecule has 1 N–H and O–H groups in total. The fourth-order valence-corrected chi connectivity index (χ4v) is 4.87. The minimum Gasteiger partial charge on any atom is -0.384 e. The van der Waals surface area contributed by atoms with Crippen LogP contribution >= 0.6 is 11.8 Å². The molecule has 3 rings (SSSR count). The summed E-state index contributed by atoms with van der Waals surface area (Å²) >= 11 is 1.88. The molecule has 1 aromatic carbocycles. The van der Waals surface area contributed by atoms with Crippen LogP contribution < -0.4 is 0 Å². The normalized spacial score (nSPS) is 30.9. The summed E-state index contributed by atoms with van der Waals surface area (Å²) in [6, 6.07) is 8.77. The second-order valence-corrected chi connectivity index (χ2v) is 7.91. The molecule has 0 aromatic heterocycles. The summed E-state index contributed by atoms with van der Waals surface area (Å²) in [5, 5.41) is 11.2. The lowest BCUT2D eigenvalue weighted by Gasteiger charge is -2.46. The van der Waals surface area contributed by atoms with Gasteiger partial charge in [0.25, 0.3) is 0 Å². The Morgan fingerprint density at radius 1 is 1.26 bits per heavy atom. The van der Waals surface area contributed by atoms with Crippen LogP contribution in [0.4, 0.5) is 0 Å². The Hall–Kier alpha value is -0.470. The van der Waals surface area contributed by atoms with Crippen molar-refractivity contribution in [3.8, 4) is 0 Å². The zero-order valence-electron chi connectivity index (χ0n) is 12.0. The Morgan fingerprint density at radius 2 is 2.05 bits per heavy atom. The maximum atomic E-state index is 11.2. The Balaban J connectivity index is 1.95. The van der Waals surface area contributed by atoms with Gasteiger partial charge in [-0.05, 0) is 47.5 Å². The lowest BCUT2D eigenvalue weighted by atomic mass is 9.69. The molecular weight excluding hydrogens is 252 g/mol. The van der Waals surface area contributed by atoms with Gasteiger partial charge in [0.05, 0.1) is 0 Å². The molecule has 2 heteroatoms. The van der Waals surface area contributed by atoms with Crippen molar-refractivity contribution >= 4 is 11.8 Å². The summed E-state index contributed by atoms with van der Waals surface area (Å²) in [5.74, 6) is 2.73. The van der Waals surface area contributed by atoms with E-state index in [1.807, 2.05) is 11.8 Å². The van der Waals surface area contributed by atoms with Gasteiger partial charge in [-0.1, -0.05) is 44.5 Å². The number of thioether (sulfide) groups is 1. The van der Waals surface area contributed by atoms with Gasteiger partial charge < -0.3 is 5.11 Å². The number of aliphatic hydroxyl groups is 1. The molecule has 0 bridgehead atoms. The molecule has 1 nitrogen and oxygen atoms in total. The second kappa shape index (κ2) is 4.82. The van der Waals surface area contributed by atoms with Crippen molar-refractivity contribution in [2.24, 2.45) is 5.41 Å². The largest absolute Gasteiger partial charge is 0.384 e. The lowest BCUT2D eigenvalue weighted by molar-refractivity contribution is -0.0579. The van der Waals surface area contributed by atoms with Gasteiger partial charge in [0.1, 0.15) is 5.60 Å². The smallest absolute Gasteiger partial charge is 0.104 e.